The largest absolute Gasteiger partial charge is 0.335 e. The Morgan fingerprint density at radius 1 is 1.33 bits per heavy atom. The predicted octanol–water partition coefficient (Wildman–Crippen LogP) is 2.34. The maximum atomic E-state index is 11.8. The second-order valence-corrected chi connectivity index (χ2v) is 7.67. The molecule has 21 heavy (non-hydrogen) atoms. The second kappa shape index (κ2) is 7.74. The first kappa shape index (κ1) is 16.2. The lowest BCUT2D eigenvalue weighted by molar-refractivity contribution is -0.117. The molecule has 0 aliphatic heterocycles. The Hall–Kier alpha value is -1.15. The van der Waals surface area contributed by atoms with Gasteiger partial charge in [0.15, 0.2) is 4.34 Å². The van der Waals surface area contributed by atoms with Crippen molar-refractivity contribution >= 4 is 35.0 Å². The van der Waals surface area contributed by atoms with Crippen LogP contribution >= 0.6 is 23.1 Å². The Labute approximate surface area is 132 Å². The zero-order chi connectivity index (χ0) is 15.2. The first-order valence-corrected chi connectivity index (χ1v) is 8.88. The van der Waals surface area contributed by atoms with Gasteiger partial charge in [0.25, 0.3) is 0 Å². The highest BCUT2D eigenvalue weighted by Crippen LogP contribution is 2.23. The number of nitrogens with one attached hydrogen (secondary N) is 2. The summed E-state index contributed by atoms with van der Waals surface area (Å²) in [6.07, 6.45) is 4.47. The second-order valence-electron chi connectivity index (χ2n) is 5.27. The first-order chi connectivity index (χ1) is 10.0. The van der Waals surface area contributed by atoms with Gasteiger partial charge in [0.2, 0.25) is 5.91 Å². The lowest BCUT2D eigenvalue weighted by Crippen LogP contribution is -2.48. The summed E-state index contributed by atoms with van der Waals surface area (Å²) >= 11 is 2.73. The third kappa shape index (κ3) is 5.28. The van der Waals surface area contributed by atoms with E-state index < -0.39 is 6.03 Å². The van der Waals surface area contributed by atoms with Gasteiger partial charge in [0, 0.05) is 6.04 Å². The maximum absolute atomic E-state index is 11.8. The van der Waals surface area contributed by atoms with Gasteiger partial charge < -0.3 is 5.32 Å². The van der Waals surface area contributed by atoms with Gasteiger partial charge in [-0.25, -0.2) is 4.79 Å². The summed E-state index contributed by atoms with van der Waals surface area (Å²) in [6.45, 7) is 4.00. The molecule has 0 spiro atoms. The van der Waals surface area contributed by atoms with Gasteiger partial charge in [-0.1, -0.05) is 42.9 Å². The molecule has 8 heteroatoms. The van der Waals surface area contributed by atoms with Crippen LogP contribution in [0.1, 0.15) is 37.6 Å². The highest BCUT2D eigenvalue weighted by molar-refractivity contribution is 8.01. The monoisotopic (exact) mass is 328 g/mol. The van der Waals surface area contributed by atoms with Crippen LogP contribution in [0, 0.1) is 12.8 Å². The van der Waals surface area contributed by atoms with E-state index in [1.807, 2.05) is 6.92 Å². The zero-order valence-electron chi connectivity index (χ0n) is 12.2. The van der Waals surface area contributed by atoms with E-state index in [2.05, 4.69) is 27.8 Å². The van der Waals surface area contributed by atoms with Crippen LogP contribution < -0.4 is 10.6 Å². The Kier molecular flexibility index (Phi) is 5.98. The highest BCUT2D eigenvalue weighted by atomic mass is 32.2. The molecule has 116 valence electrons. The summed E-state index contributed by atoms with van der Waals surface area (Å²) in [5, 5.41) is 13.9. The molecule has 2 N–H and O–H groups in total. The van der Waals surface area contributed by atoms with Crippen LogP contribution in [0.3, 0.4) is 0 Å². The number of hydrogen-bond acceptors (Lipinski definition) is 6. The molecule has 3 amide bonds. The first-order valence-electron chi connectivity index (χ1n) is 7.08. The van der Waals surface area contributed by atoms with Crippen LogP contribution in [-0.2, 0) is 4.79 Å². The number of amides is 3. The van der Waals surface area contributed by atoms with Crippen molar-refractivity contribution < 1.29 is 9.59 Å². The molecule has 1 aliphatic rings. The number of nitrogens with zero attached hydrogens (tertiary/aromatic N) is 2. The van der Waals surface area contributed by atoms with E-state index in [0.717, 1.165) is 28.6 Å². The van der Waals surface area contributed by atoms with Crippen LogP contribution in [0.15, 0.2) is 4.34 Å². The summed E-state index contributed by atoms with van der Waals surface area (Å²) in [6, 6.07) is -0.224. The number of rotatable bonds is 4. The smallest absolute Gasteiger partial charge is 0.321 e. The highest BCUT2D eigenvalue weighted by Gasteiger charge is 2.23. The van der Waals surface area contributed by atoms with E-state index in [1.54, 1.807) is 0 Å². The average Bonchev–Trinajstić information content (AvgIpc) is 2.85. The zero-order valence-corrected chi connectivity index (χ0v) is 13.9. The number of aryl methyl sites for hydroxylation is 1. The van der Waals surface area contributed by atoms with Crippen molar-refractivity contribution in [3.05, 3.63) is 5.01 Å². The van der Waals surface area contributed by atoms with Gasteiger partial charge in [0.05, 0.1) is 5.75 Å². The summed E-state index contributed by atoms with van der Waals surface area (Å²) in [5.74, 6) is 0.328. The lowest BCUT2D eigenvalue weighted by Gasteiger charge is -2.29. The maximum Gasteiger partial charge on any atom is 0.321 e. The Balaban J connectivity index is 1.70. The lowest BCUT2D eigenvalue weighted by atomic mass is 9.86. The average molecular weight is 328 g/mol. The number of carbonyl (C=O) groups excluding carboxylic acids is 2. The normalized spacial score (nSPS) is 21.8. The van der Waals surface area contributed by atoms with Crippen LogP contribution in [-0.4, -0.2) is 33.9 Å². The third-order valence-electron chi connectivity index (χ3n) is 3.52. The standard InChI is InChI=1S/C13H20N4O2S2/c1-8-5-3-4-6-10(8)14-12(19)15-11(18)7-20-13-17-16-9(2)21-13/h8,10H,3-7H2,1-2H3,(H2,14,15,18,19)/t8-,10-/m0/s1. The van der Waals surface area contributed by atoms with E-state index in [9.17, 15) is 9.59 Å². The number of thioether (sulfide) groups is 1. The Morgan fingerprint density at radius 3 is 2.76 bits per heavy atom. The molecule has 0 radical (unpaired) electrons. The predicted molar refractivity (Wildman–Crippen MR) is 83.5 cm³/mol. The number of carbonyl (C=O) groups is 2. The quantitative estimate of drug-likeness (QED) is 0.829. The van der Waals surface area contributed by atoms with Crippen molar-refractivity contribution in [1.82, 2.24) is 20.8 Å². The van der Waals surface area contributed by atoms with Crippen LogP contribution in [0.2, 0.25) is 0 Å². The molecule has 0 saturated heterocycles. The van der Waals surface area contributed by atoms with Gasteiger partial charge in [-0.3, -0.25) is 10.1 Å². The molecule has 0 bridgehead atoms. The molecule has 1 heterocycles. The Bertz CT molecular complexity index is 506. The summed E-state index contributed by atoms with van der Waals surface area (Å²) in [4.78, 5) is 23.5. The SMILES string of the molecule is Cc1nnc(SCC(=O)NC(=O)N[C@H]2CCCC[C@@H]2C)s1. The number of urea groups is 1. The van der Waals surface area contributed by atoms with Gasteiger partial charge in [0.1, 0.15) is 5.01 Å². The van der Waals surface area contributed by atoms with E-state index in [4.69, 9.17) is 0 Å². The Morgan fingerprint density at radius 2 is 2.10 bits per heavy atom. The topological polar surface area (TPSA) is 84.0 Å². The van der Waals surface area contributed by atoms with Crippen LogP contribution in [0.5, 0.6) is 0 Å². The molecular weight excluding hydrogens is 308 g/mol. The molecule has 1 saturated carbocycles. The van der Waals surface area contributed by atoms with E-state index >= 15 is 0 Å². The fourth-order valence-corrected chi connectivity index (χ4v) is 3.98. The van der Waals surface area contributed by atoms with Crippen molar-refractivity contribution in [2.75, 3.05) is 5.75 Å². The van der Waals surface area contributed by atoms with Gasteiger partial charge >= 0.3 is 6.03 Å². The van der Waals surface area contributed by atoms with Gasteiger partial charge in [-0.05, 0) is 25.7 Å². The minimum absolute atomic E-state index is 0.169. The van der Waals surface area contributed by atoms with Crippen molar-refractivity contribution in [3.63, 3.8) is 0 Å². The molecule has 1 aromatic heterocycles. The molecule has 1 aromatic rings. The van der Waals surface area contributed by atoms with Crippen molar-refractivity contribution in [3.8, 4) is 0 Å². The fraction of sp³-hybridized carbons (Fsp3) is 0.692. The minimum atomic E-state index is -0.396. The van der Waals surface area contributed by atoms with Crippen molar-refractivity contribution in [1.29, 1.82) is 0 Å². The number of imide groups is 1. The number of aromatic nitrogens is 2. The molecule has 1 aliphatic carbocycles. The van der Waals surface area contributed by atoms with E-state index in [-0.39, 0.29) is 17.7 Å². The van der Waals surface area contributed by atoms with Crippen LogP contribution in [0.25, 0.3) is 0 Å². The van der Waals surface area contributed by atoms with Crippen molar-refractivity contribution in [2.24, 2.45) is 5.92 Å². The minimum Gasteiger partial charge on any atom is -0.335 e. The van der Waals surface area contributed by atoms with E-state index in [1.165, 1.54) is 29.5 Å². The number of hydrogen-bond donors (Lipinski definition) is 2. The third-order valence-corrected chi connectivity index (χ3v) is 5.49. The molecular formula is C13H20N4O2S2. The fourth-order valence-electron chi connectivity index (χ4n) is 2.36. The van der Waals surface area contributed by atoms with Gasteiger partial charge in [-0.15, -0.1) is 10.2 Å². The van der Waals surface area contributed by atoms with Crippen LogP contribution in [0.4, 0.5) is 4.79 Å². The molecule has 0 aromatic carbocycles. The summed E-state index contributed by atoms with van der Waals surface area (Å²) in [7, 11) is 0. The molecule has 6 nitrogen and oxygen atoms in total. The molecule has 0 unspecified atom stereocenters. The van der Waals surface area contributed by atoms with Gasteiger partial charge in [-0.2, -0.15) is 0 Å². The molecule has 2 rings (SSSR count). The summed E-state index contributed by atoms with van der Waals surface area (Å²) < 4.78 is 0.740. The van der Waals surface area contributed by atoms with Crippen molar-refractivity contribution in [2.45, 2.75) is 49.9 Å². The molecule has 2 atom stereocenters. The van der Waals surface area contributed by atoms with E-state index in [0.29, 0.717) is 5.92 Å². The molecule has 1 fully saturated rings. The summed E-state index contributed by atoms with van der Waals surface area (Å²) in [5.41, 5.74) is 0.